The zero-order chi connectivity index (χ0) is 16.5. The molecule has 3 aromatic heterocycles. The second-order valence-electron chi connectivity index (χ2n) is 6.10. The first-order valence-electron chi connectivity index (χ1n) is 8.02. The van der Waals surface area contributed by atoms with Crippen LogP contribution in [0.4, 0.5) is 11.6 Å². The zero-order valence-electron chi connectivity index (χ0n) is 13.1. The van der Waals surface area contributed by atoms with E-state index in [1.807, 2.05) is 24.4 Å². The Bertz CT molecular complexity index is 863. The van der Waals surface area contributed by atoms with Crippen LogP contribution in [0.2, 0.25) is 5.02 Å². The maximum absolute atomic E-state index is 6.28. The lowest BCUT2D eigenvalue weighted by molar-refractivity contribution is 0.403. The van der Waals surface area contributed by atoms with Gasteiger partial charge < -0.3 is 10.6 Å². The van der Waals surface area contributed by atoms with Gasteiger partial charge in [-0.2, -0.15) is 0 Å². The predicted molar refractivity (Wildman–Crippen MR) is 93.1 cm³/mol. The van der Waals surface area contributed by atoms with Gasteiger partial charge in [0, 0.05) is 25.7 Å². The van der Waals surface area contributed by atoms with Crippen LogP contribution in [0.5, 0.6) is 0 Å². The van der Waals surface area contributed by atoms with Crippen molar-refractivity contribution < 1.29 is 0 Å². The number of anilines is 2. The van der Waals surface area contributed by atoms with Crippen molar-refractivity contribution in [2.45, 2.75) is 19.3 Å². The van der Waals surface area contributed by atoms with Crippen molar-refractivity contribution in [3.8, 4) is 0 Å². The normalized spacial score (nSPS) is 18.2. The number of nitrogen functional groups attached to an aromatic ring is 1. The van der Waals surface area contributed by atoms with Crippen LogP contribution in [-0.2, 0) is 6.42 Å². The number of halogens is 1. The molecule has 4 heterocycles. The first-order valence-corrected chi connectivity index (χ1v) is 8.39. The van der Waals surface area contributed by atoms with E-state index in [2.05, 4.69) is 29.5 Å². The van der Waals surface area contributed by atoms with E-state index in [1.165, 1.54) is 6.33 Å². The topological polar surface area (TPSA) is 85.2 Å². The molecule has 7 nitrogen and oxygen atoms in total. The van der Waals surface area contributed by atoms with Crippen LogP contribution >= 0.6 is 11.6 Å². The number of piperidine rings is 1. The molecule has 124 valence electrons. The van der Waals surface area contributed by atoms with Crippen molar-refractivity contribution >= 4 is 28.9 Å². The molecule has 24 heavy (non-hydrogen) atoms. The summed E-state index contributed by atoms with van der Waals surface area (Å²) in [5.74, 6) is 2.51. The Labute approximate surface area is 144 Å². The molecule has 0 bridgehead atoms. The number of rotatable bonds is 3. The molecule has 2 N–H and O–H groups in total. The molecule has 0 spiro atoms. The van der Waals surface area contributed by atoms with Crippen LogP contribution in [0.15, 0.2) is 30.7 Å². The monoisotopic (exact) mass is 343 g/mol. The van der Waals surface area contributed by atoms with Crippen LogP contribution in [0, 0.1) is 5.92 Å². The molecule has 0 aromatic carbocycles. The molecule has 0 amide bonds. The van der Waals surface area contributed by atoms with Gasteiger partial charge in [-0.25, -0.2) is 9.97 Å². The molecular weight excluding hydrogens is 326 g/mol. The van der Waals surface area contributed by atoms with Crippen LogP contribution in [-0.4, -0.2) is 37.7 Å². The average Bonchev–Trinajstić information content (AvgIpc) is 3.01. The number of pyridine rings is 1. The van der Waals surface area contributed by atoms with Gasteiger partial charge in [-0.15, -0.1) is 10.2 Å². The number of hydrogen-bond donors (Lipinski definition) is 1. The Morgan fingerprint density at radius 1 is 1.25 bits per heavy atom. The fourth-order valence-corrected chi connectivity index (χ4v) is 3.52. The number of fused-ring (bicyclic) bond motifs is 1. The largest absolute Gasteiger partial charge is 0.382 e. The van der Waals surface area contributed by atoms with Crippen LogP contribution in [0.1, 0.15) is 18.7 Å². The van der Waals surface area contributed by atoms with Crippen molar-refractivity contribution in [2.75, 3.05) is 23.7 Å². The van der Waals surface area contributed by atoms with Crippen molar-refractivity contribution in [1.82, 2.24) is 24.6 Å². The zero-order valence-corrected chi connectivity index (χ0v) is 13.9. The van der Waals surface area contributed by atoms with Gasteiger partial charge in [0.2, 0.25) is 0 Å². The van der Waals surface area contributed by atoms with Crippen molar-refractivity contribution in [3.05, 3.63) is 41.6 Å². The van der Waals surface area contributed by atoms with Gasteiger partial charge in [0.25, 0.3) is 0 Å². The van der Waals surface area contributed by atoms with Gasteiger partial charge in [-0.05, 0) is 30.9 Å². The van der Waals surface area contributed by atoms with Crippen LogP contribution < -0.4 is 10.6 Å². The predicted octanol–water partition coefficient (Wildman–Crippen LogP) is 2.21. The van der Waals surface area contributed by atoms with Gasteiger partial charge in [0.1, 0.15) is 23.0 Å². The number of nitrogens with zero attached hydrogens (tertiary/aromatic N) is 6. The summed E-state index contributed by atoms with van der Waals surface area (Å²) in [5.41, 5.74) is 6.68. The highest BCUT2D eigenvalue weighted by atomic mass is 35.5. The van der Waals surface area contributed by atoms with E-state index in [9.17, 15) is 0 Å². The Morgan fingerprint density at radius 2 is 2.17 bits per heavy atom. The smallest absolute Gasteiger partial charge is 0.160 e. The van der Waals surface area contributed by atoms with Gasteiger partial charge in [-0.3, -0.25) is 4.40 Å². The summed E-state index contributed by atoms with van der Waals surface area (Å²) >= 11 is 6.28. The van der Waals surface area contributed by atoms with Crippen LogP contribution in [0.3, 0.4) is 0 Å². The molecule has 1 saturated heterocycles. The molecule has 1 unspecified atom stereocenters. The maximum atomic E-state index is 6.28. The minimum atomic E-state index is 0.326. The van der Waals surface area contributed by atoms with Gasteiger partial charge in [-0.1, -0.05) is 17.7 Å². The molecule has 3 aromatic rings. The first kappa shape index (κ1) is 15.1. The fraction of sp³-hybridized carbons (Fsp3) is 0.375. The van der Waals surface area contributed by atoms with Crippen LogP contribution in [0.25, 0.3) is 5.65 Å². The summed E-state index contributed by atoms with van der Waals surface area (Å²) in [6, 6.07) is 5.93. The van der Waals surface area contributed by atoms with Crippen molar-refractivity contribution in [2.24, 2.45) is 5.92 Å². The molecule has 1 aliphatic rings. The third-order valence-electron chi connectivity index (χ3n) is 4.47. The summed E-state index contributed by atoms with van der Waals surface area (Å²) < 4.78 is 2.05. The second-order valence-corrected chi connectivity index (χ2v) is 6.48. The standard InChI is InChI=1S/C16H18ClN7/c17-14-15(18)19-10-20-16(14)23-6-3-4-11(9-23)8-13-22-21-12-5-1-2-7-24(12)13/h1-2,5,7,10-11H,3-4,6,8-9H2,(H2,18,19,20). The summed E-state index contributed by atoms with van der Waals surface area (Å²) in [6.45, 7) is 1.80. The van der Waals surface area contributed by atoms with E-state index in [-0.39, 0.29) is 0 Å². The first-order chi connectivity index (χ1) is 11.7. The average molecular weight is 344 g/mol. The highest BCUT2D eigenvalue weighted by Crippen LogP contribution is 2.31. The van der Waals surface area contributed by atoms with E-state index >= 15 is 0 Å². The van der Waals surface area contributed by atoms with E-state index < -0.39 is 0 Å². The molecule has 4 rings (SSSR count). The van der Waals surface area contributed by atoms with Gasteiger partial charge >= 0.3 is 0 Å². The SMILES string of the molecule is Nc1ncnc(N2CCCC(Cc3nnc4ccccn34)C2)c1Cl. The van der Waals surface area contributed by atoms with E-state index in [1.54, 1.807) is 0 Å². The van der Waals surface area contributed by atoms with E-state index in [0.29, 0.717) is 16.8 Å². The lowest BCUT2D eigenvalue weighted by atomic mass is 9.94. The van der Waals surface area contributed by atoms with E-state index in [4.69, 9.17) is 17.3 Å². The minimum Gasteiger partial charge on any atom is -0.382 e. The molecule has 1 fully saturated rings. The molecule has 0 aliphatic carbocycles. The Balaban J connectivity index is 1.54. The molecule has 1 aliphatic heterocycles. The Morgan fingerprint density at radius 3 is 3.08 bits per heavy atom. The lowest BCUT2D eigenvalue weighted by Crippen LogP contribution is -2.37. The molecule has 0 saturated carbocycles. The third-order valence-corrected chi connectivity index (χ3v) is 4.83. The summed E-state index contributed by atoms with van der Waals surface area (Å²) in [6.07, 6.45) is 6.58. The highest BCUT2D eigenvalue weighted by molar-refractivity contribution is 6.35. The van der Waals surface area contributed by atoms with Gasteiger partial charge in [0.05, 0.1) is 0 Å². The van der Waals surface area contributed by atoms with Crippen molar-refractivity contribution in [3.63, 3.8) is 0 Å². The maximum Gasteiger partial charge on any atom is 0.160 e. The Hall–Kier alpha value is -2.41. The molecule has 1 atom stereocenters. The molecular formula is C16H18ClN7. The second kappa shape index (κ2) is 6.24. The van der Waals surface area contributed by atoms with Crippen molar-refractivity contribution in [1.29, 1.82) is 0 Å². The number of aromatic nitrogens is 5. The van der Waals surface area contributed by atoms with Gasteiger partial charge in [0.15, 0.2) is 11.5 Å². The number of hydrogen-bond acceptors (Lipinski definition) is 6. The number of nitrogens with two attached hydrogens (primary N) is 1. The lowest BCUT2D eigenvalue weighted by Gasteiger charge is -2.33. The quantitative estimate of drug-likeness (QED) is 0.784. The summed E-state index contributed by atoms with van der Waals surface area (Å²) in [5, 5.41) is 9.01. The fourth-order valence-electron chi connectivity index (χ4n) is 3.31. The Kier molecular flexibility index (Phi) is 3.93. The van der Waals surface area contributed by atoms with E-state index in [0.717, 1.165) is 49.6 Å². The third kappa shape index (κ3) is 2.75. The molecule has 8 heteroatoms. The highest BCUT2D eigenvalue weighted by Gasteiger charge is 2.25. The molecule has 0 radical (unpaired) electrons. The minimum absolute atomic E-state index is 0.326. The summed E-state index contributed by atoms with van der Waals surface area (Å²) in [4.78, 5) is 10.4. The summed E-state index contributed by atoms with van der Waals surface area (Å²) in [7, 11) is 0.